The lowest BCUT2D eigenvalue weighted by molar-refractivity contribution is 0.228. The molecule has 1 saturated heterocycles. The molecule has 2 N–H and O–H groups in total. The number of likely N-dealkylation sites (tertiary alicyclic amines) is 1. The number of carbonyl (C=O) groups excluding carboxylic acids is 1. The normalized spacial score (nSPS) is 24.0. The minimum Gasteiger partial charge on any atom is -0.337 e. The molecule has 2 fully saturated rings. The molecule has 2 unspecified atom stereocenters. The lowest BCUT2D eigenvalue weighted by Gasteiger charge is -2.24. The third-order valence-electron chi connectivity index (χ3n) is 5.34. The molecule has 0 bridgehead atoms. The predicted molar refractivity (Wildman–Crippen MR) is 97.6 cm³/mol. The smallest absolute Gasteiger partial charge is 0.315 e. The summed E-state index contributed by atoms with van der Waals surface area (Å²) in [5.41, 5.74) is 0.578. The van der Waals surface area contributed by atoms with Crippen LogP contribution < -0.4 is 10.6 Å². The van der Waals surface area contributed by atoms with Gasteiger partial charge in [-0.25, -0.2) is 9.78 Å². The Hall–Kier alpha value is -2.55. The quantitative estimate of drug-likeness (QED) is 0.845. The molecule has 0 aromatic carbocycles. The van der Waals surface area contributed by atoms with Gasteiger partial charge >= 0.3 is 6.03 Å². The number of rotatable bonds is 4. The second-order valence-corrected chi connectivity index (χ2v) is 7.39. The molecule has 3 heterocycles. The monoisotopic (exact) mass is 371 g/mol. The molecule has 4 rings (SSSR count). The largest absolute Gasteiger partial charge is 0.337 e. The van der Waals surface area contributed by atoms with Crippen molar-refractivity contribution < 1.29 is 9.32 Å². The second kappa shape index (κ2) is 7.99. The van der Waals surface area contributed by atoms with Crippen molar-refractivity contribution in [2.24, 2.45) is 0 Å². The van der Waals surface area contributed by atoms with E-state index in [-0.39, 0.29) is 18.1 Å². The van der Waals surface area contributed by atoms with Crippen LogP contribution in [0.2, 0.25) is 0 Å². The molecule has 0 radical (unpaired) electrons. The van der Waals surface area contributed by atoms with Gasteiger partial charge in [0, 0.05) is 31.0 Å². The SMILES string of the molecule is CN1CC(NC(=O)NC2CCCCC2)CC1c1nc(-c2cnccn2)no1. The molecule has 9 nitrogen and oxygen atoms in total. The van der Waals surface area contributed by atoms with Gasteiger partial charge in [-0.3, -0.25) is 9.88 Å². The Morgan fingerprint density at radius 1 is 1.19 bits per heavy atom. The zero-order chi connectivity index (χ0) is 18.6. The van der Waals surface area contributed by atoms with Gasteiger partial charge in [0.1, 0.15) is 5.69 Å². The first-order chi connectivity index (χ1) is 13.2. The van der Waals surface area contributed by atoms with Gasteiger partial charge in [-0.05, 0) is 26.3 Å². The maximum atomic E-state index is 12.3. The fraction of sp³-hybridized carbons (Fsp3) is 0.611. The molecule has 144 valence electrons. The summed E-state index contributed by atoms with van der Waals surface area (Å²) in [6.07, 6.45) is 11.4. The maximum absolute atomic E-state index is 12.3. The summed E-state index contributed by atoms with van der Waals surface area (Å²) in [6.45, 7) is 0.742. The van der Waals surface area contributed by atoms with Crippen molar-refractivity contribution >= 4 is 6.03 Å². The van der Waals surface area contributed by atoms with Gasteiger partial charge in [-0.1, -0.05) is 24.4 Å². The van der Waals surface area contributed by atoms with Gasteiger partial charge in [-0.15, -0.1) is 0 Å². The first kappa shape index (κ1) is 17.8. The van der Waals surface area contributed by atoms with E-state index in [1.807, 2.05) is 7.05 Å². The highest BCUT2D eigenvalue weighted by molar-refractivity contribution is 5.74. The molecule has 1 aliphatic carbocycles. The number of urea groups is 1. The van der Waals surface area contributed by atoms with Crippen molar-refractivity contribution in [3.05, 3.63) is 24.5 Å². The molecule has 2 amide bonds. The van der Waals surface area contributed by atoms with Gasteiger partial charge in [0.15, 0.2) is 0 Å². The Kier molecular flexibility index (Phi) is 5.28. The Balaban J connectivity index is 1.34. The van der Waals surface area contributed by atoms with Crippen LogP contribution in [0.5, 0.6) is 0 Å². The highest BCUT2D eigenvalue weighted by Crippen LogP contribution is 2.30. The van der Waals surface area contributed by atoms with E-state index in [4.69, 9.17) is 4.52 Å². The summed E-state index contributed by atoms with van der Waals surface area (Å²) >= 11 is 0. The number of amides is 2. The molecule has 27 heavy (non-hydrogen) atoms. The second-order valence-electron chi connectivity index (χ2n) is 7.39. The van der Waals surface area contributed by atoms with E-state index in [1.54, 1.807) is 18.6 Å². The summed E-state index contributed by atoms with van der Waals surface area (Å²) < 4.78 is 5.45. The summed E-state index contributed by atoms with van der Waals surface area (Å²) in [7, 11) is 2.00. The predicted octanol–water partition coefficient (Wildman–Crippen LogP) is 1.90. The Labute approximate surface area is 158 Å². The minimum absolute atomic E-state index is 0.0251. The Bertz CT molecular complexity index is 760. The van der Waals surface area contributed by atoms with Crippen molar-refractivity contribution in [2.75, 3.05) is 13.6 Å². The number of carbonyl (C=O) groups is 1. The zero-order valence-electron chi connectivity index (χ0n) is 15.5. The summed E-state index contributed by atoms with van der Waals surface area (Å²) in [6, 6.07) is 0.254. The summed E-state index contributed by atoms with van der Waals surface area (Å²) in [5, 5.41) is 10.2. The highest BCUT2D eigenvalue weighted by atomic mass is 16.5. The first-order valence-corrected chi connectivity index (χ1v) is 9.56. The molecule has 2 atom stereocenters. The van der Waals surface area contributed by atoms with E-state index in [0.29, 0.717) is 23.5 Å². The van der Waals surface area contributed by atoms with Crippen molar-refractivity contribution in [3.63, 3.8) is 0 Å². The van der Waals surface area contributed by atoms with Crippen molar-refractivity contribution in [2.45, 2.75) is 56.7 Å². The van der Waals surface area contributed by atoms with Crippen LogP contribution >= 0.6 is 0 Å². The van der Waals surface area contributed by atoms with E-state index < -0.39 is 0 Å². The van der Waals surface area contributed by atoms with Gasteiger partial charge in [0.2, 0.25) is 11.7 Å². The molecular weight excluding hydrogens is 346 g/mol. The maximum Gasteiger partial charge on any atom is 0.315 e. The molecule has 2 aliphatic rings. The van der Waals surface area contributed by atoms with Crippen LogP contribution in [0.15, 0.2) is 23.1 Å². The van der Waals surface area contributed by atoms with Crippen LogP contribution in [-0.2, 0) is 0 Å². The number of hydrogen-bond donors (Lipinski definition) is 2. The molecular formula is C18H25N7O2. The number of nitrogens with zero attached hydrogens (tertiary/aromatic N) is 5. The van der Waals surface area contributed by atoms with Crippen molar-refractivity contribution in [1.29, 1.82) is 0 Å². The van der Waals surface area contributed by atoms with Gasteiger partial charge < -0.3 is 15.2 Å². The zero-order valence-corrected chi connectivity index (χ0v) is 15.5. The van der Waals surface area contributed by atoms with E-state index in [0.717, 1.165) is 25.8 Å². The molecule has 9 heteroatoms. The Morgan fingerprint density at radius 3 is 2.78 bits per heavy atom. The third kappa shape index (κ3) is 4.24. The van der Waals surface area contributed by atoms with Crippen LogP contribution in [0.1, 0.15) is 50.5 Å². The molecule has 0 spiro atoms. The van der Waals surface area contributed by atoms with Crippen LogP contribution in [-0.4, -0.2) is 56.7 Å². The number of nitrogens with one attached hydrogen (secondary N) is 2. The third-order valence-corrected chi connectivity index (χ3v) is 5.34. The average Bonchev–Trinajstić information content (AvgIpc) is 3.30. The van der Waals surface area contributed by atoms with E-state index >= 15 is 0 Å². The number of aromatic nitrogens is 4. The number of likely N-dealkylation sites (N-methyl/N-ethyl adjacent to an activating group) is 1. The Morgan fingerprint density at radius 2 is 2.00 bits per heavy atom. The molecule has 2 aromatic heterocycles. The van der Waals surface area contributed by atoms with Crippen molar-refractivity contribution in [3.8, 4) is 11.5 Å². The number of hydrogen-bond acceptors (Lipinski definition) is 7. The lowest BCUT2D eigenvalue weighted by Crippen LogP contribution is -2.47. The van der Waals surface area contributed by atoms with Crippen LogP contribution in [0.25, 0.3) is 11.5 Å². The first-order valence-electron chi connectivity index (χ1n) is 9.56. The standard InChI is InChI=1S/C18H25N7O2/c1-25-11-13(22-18(26)21-12-5-3-2-4-6-12)9-15(25)17-23-16(24-27-17)14-10-19-7-8-20-14/h7-8,10,12-13,15H,2-6,9,11H2,1H3,(H2,21,22,26). The van der Waals surface area contributed by atoms with Crippen LogP contribution in [0.3, 0.4) is 0 Å². The van der Waals surface area contributed by atoms with Crippen LogP contribution in [0.4, 0.5) is 4.79 Å². The average molecular weight is 371 g/mol. The fourth-order valence-corrected chi connectivity index (χ4v) is 3.94. The fourth-order valence-electron chi connectivity index (χ4n) is 3.94. The minimum atomic E-state index is -0.0771. The van der Waals surface area contributed by atoms with E-state index in [2.05, 4.69) is 35.6 Å². The summed E-state index contributed by atoms with van der Waals surface area (Å²) in [5.74, 6) is 0.966. The van der Waals surface area contributed by atoms with Gasteiger partial charge in [0.05, 0.1) is 12.2 Å². The van der Waals surface area contributed by atoms with Crippen molar-refractivity contribution in [1.82, 2.24) is 35.6 Å². The van der Waals surface area contributed by atoms with E-state index in [9.17, 15) is 4.79 Å². The lowest BCUT2D eigenvalue weighted by atomic mass is 9.96. The molecule has 1 saturated carbocycles. The molecule has 1 aliphatic heterocycles. The highest BCUT2D eigenvalue weighted by Gasteiger charge is 2.35. The summed E-state index contributed by atoms with van der Waals surface area (Å²) in [4.78, 5) is 27.1. The van der Waals surface area contributed by atoms with Gasteiger partial charge in [-0.2, -0.15) is 4.98 Å². The van der Waals surface area contributed by atoms with Gasteiger partial charge in [0.25, 0.3) is 0 Å². The molecule has 2 aromatic rings. The van der Waals surface area contributed by atoms with E-state index in [1.165, 1.54) is 19.3 Å². The van der Waals surface area contributed by atoms with Crippen LogP contribution in [0, 0.1) is 0 Å². The topological polar surface area (TPSA) is 109 Å².